The first-order chi connectivity index (χ1) is 9.65. The van der Waals surface area contributed by atoms with Crippen LogP contribution < -0.4 is 10.6 Å². The van der Waals surface area contributed by atoms with E-state index in [1.165, 1.54) is 22.7 Å². The van der Waals surface area contributed by atoms with Crippen molar-refractivity contribution in [3.63, 3.8) is 0 Å². The molecule has 2 rings (SSSR count). The summed E-state index contributed by atoms with van der Waals surface area (Å²) in [5.74, 6) is -0.419. The van der Waals surface area contributed by atoms with Crippen molar-refractivity contribution in [3.05, 3.63) is 43.7 Å². The van der Waals surface area contributed by atoms with E-state index < -0.39 is 0 Å². The molecule has 0 saturated carbocycles. The zero-order chi connectivity index (χ0) is 14.4. The van der Waals surface area contributed by atoms with Gasteiger partial charge in [-0.2, -0.15) is 0 Å². The Balaban J connectivity index is 1.64. The van der Waals surface area contributed by atoms with E-state index in [-0.39, 0.29) is 18.4 Å². The van der Waals surface area contributed by atoms with Gasteiger partial charge in [0.2, 0.25) is 5.91 Å². The minimum Gasteiger partial charge on any atom is -0.354 e. The molecule has 2 amide bonds. The highest BCUT2D eigenvalue weighted by Crippen LogP contribution is 2.21. The maximum absolute atomic E-state index is 11.6. The van der Waals surface area contributed by atoms with Crippen molar-refractivity contribution in [2.24, 2.45) is 0 Å². The minimum atomic E-state index is -0.222. The van der Waals surface area contributed by atoms with Crippen molar-refractivity contribution in [3.8, 4) is 0 Å². The van der Waals surface area contributed by atoms with Gasteiger partial charge in [-0.1, -0.05) is 17.7 Å². The summed E-state index contributed by atoms with van der Waals surface area (Å²) in [6.07, 6.45) is 0.738. The molecule has 2 N–H and O–H groups in total. The molecule has 0 aliphatic rings. The molecule has 20 heavy (non-hydrogen) atoms. The molecule has 2 aromatic rings. The fourth-order valence-corrected chi connectivity index (χ4v) is 3.26. The van der Waals surface area contributed by atoms with Gasteiger partial charge in [0.05, 0.1) is 15.8 Å². The van der Waals surface area contributed by atoms with E-state index in [4.69, 9.17) is 11.6 Å². The highest BCUT2D eigenvalue weighted by atomic mass is 35.5. The molecular formula is C13H13ClN2O2S2. The van der Waals surface area contributed by atoms with Crippen molar-refractivity contribution in [2.45, 2.75) is 6.42 Å². The Bertz CT molecular complexity index is 581. The van der Waals surface area contributed by atoms with Crippen LogP contribution in [0.1, 0.15) is 14.5 Å². The molecule has 2 aromatic heterocycles. The van der Waals surface area contributed by atoms with Gasteiger partial charge in [0.15, 0.2) is 0 Å². The topological polar surface area (TPSA) is 58.2 Å². The second-order valence-corrected chi connectivity index (χ2v) is 6.71. The van der Waals surface area contributed by atoms with Gasteiger partial charge >= 0.3 is 0 Å². The first kappa shape index (κ1) is 15.0. The number of nitrogens with one attached hydrogen (secondary N) is 2. The number of amides is 2. The van der Waals surface area contributed by atoms with E-state index >= 15 is 0 Å². The highest BCUT2D eigenvalue weighted by molar-refractivity contribution is 7.16. The molecule has 0 aliphatic heterocycles. The number of carbonyl (C=O) groups is 2. The fourth-order valence-electron chi connectivity index (χ4n) is 1.53. The third kappa shape index (κ3) is 4.63. The van der Waals surface area contributed by atoms with Gasteiger partial charge in [0.1, 0.15) is 0 Å². The first-order valence-electron chi connectivity index (χ1n) is 5.98. The Morgan fingerprint density at radius 1 is 1.20 bits per heavy atom. The average molecular weight is 329 g/mol. The van der Waals surface area contributed by atoms with Gasteiger partial charge in [-0.15, -0.1) is 22.7 Å². The third-order valence-corrected chi connectivity index (χ3v) is 4.64. The molecule has 2 heterocycles. The van der Waals surface area contributed by atoms with Crippen molar-refractivity contribution in [1.82, 2.24) is 10.6 Å². The van der Waals surface area contributed by atoms with E-state index in [1.54, 1.807) is 12.1 Å². The molecule has 0 bridgehead atoms. The van der Waals surface area contributed by atoms with E-state index in [1.807, 2.05) is 17.5 Å². The number of hydrogen-bond acceptors (Lipinski definition) is 4. The van der Waals surface area contributed by atoms with Crippen molar-refractivity contribution >= 4 is 46.1 Å². The van der Waals surface area contributed by atoms with Gasteiger partial charge in [-0.05, 0) is 30.0 Å². The van der Waals surface area contributed by atoms with Crippen molar-refractivity contribution in [2.75, 3.05) is 13.1 Å². The number of carbonyl (C=O) groups excluding carboxylic acids is 2. The fraction of sp³-hybridized carbons (Fsp3) is 0.231. The number of rotatable bonds is 6. The molecular weight excluding hydrogens is 316 g/mol. The van der Waals surface area contributed by atoms with Crippen LogP contribution in [0.3, 0.4) is 0 Å². The van der Waals surface area contributed by atoms with Gasteiger partial charge in [0, 0.05) is 11.4 Å². The van der Waals surface area contributed by atoms with Gasteiger partial charge in [0.25, 0.3) is 5.91 Å². The lowest BCUT2D eigenvalue weighted by Gasteiger charge is -2.05. The number of thiophene rings is 2. The first-order valence-corrected chi connectivity index (χ1v) is 8.05. The average Bonchev–Trinajstić information content (AvgIpc) is 3.07. The summed E-state index contributed by atoms with van der Waals surface area (Å²) in [6, 6.07) is 7.30. The van der Waals surface area contributed by atoms with Crippen LogP contribution in [0, 0.1) is 0 Å². The van der Waals surface area contributed by atoms with E-state index in [2.05, 4.69) is 10.6 Å². The van der Waals surface area contributed by atoms with Crippen LogP contribution in [-0.2, 0) is 11.2 Å². The predicted molar refractivity (Wildman–Crippen MR) is 82.7 cm³/mol. The largest absolute Gasteiger partial charge is 0.354 e. The Morgan fingerprint density at radius 3 is 2.70 bits per heavy atom. The molecule has 106 valence electrons. The summed E-state index contributed by atoms with van der Waals surface area (Å²) in [7, 11) is 0. The molecule has 0 aliphatic carbocycles. The second kappa shape index (κ2) is 7.42. The maximum Gasteiger partial charge on any atom is 0.261 e. The Labute approximate surface area is 129 Å². The second-order valence-electron chi connectivity index (χ2n) is 3.97. The standard InChI is InChI=1S/C13H13ClN2O2S2/c14-11-4-3-9(20-11)5-6-15-12(17)8-16-13(18)10-2-1-7-19-10/h1-4,7H,5-6,8H2,(H,15,17)(H,16,18). The molecule has 0 aromatic carbocycles. The molecule has 0 saturated heterocycles. The van der Waals surface area contributed by atoms with E-state index in [9.17, 15) is 9.59 Å². The summed E-state index contributed by atoms with van der Waals surface area (Å²) in [4.78, 5) is 24.9. The summed E-state index contributed by atoms with van der Waals surface area (Å²) in [5.41, 5.74) is 0. The number of hydrogen-bond donors (Lipinski definition) is 2. The molecule has 7 heteroatoms. The van der Waals surface area contributed by atoms with Crippen LogP contribution >= 0.6 is 34.3 Å². The molecule has 0 fully saturated rings. The van der Waals surface area contributed by atoms with Crippen LogP contribution in [0.5, 0.6) is 0 Å². The Hall–Kier alpha value is -1.37. The van der Waals surface area contributed by atoms with E-state index in [0.29, 0.717) is 11.4 Å². The summed E-state index contributed by atoms with van der Waals surface area (Å²) in [5, 5.41) is 7.15. The molecule has 0 unspecified atom stereocenters. The van der Waals surface area contributed by atoms with Crippen molar-refractivity contribution < 1.29 is 9.59 Å². The summed E-state index contributed by atoms with van der Waals surface area (Å²) in [6.45, 7) is 0.520. The highest BCUT2D eigenvalue weighted by Gasteiger charge is 2.08. The van der Waals surface area contributed by atoms with Crippen LogP contribution in [0.15, 0.2) is 29.6 Å². The van der Waals surface area contributed by atoms with Crippen LogP contribution in [0.25, 0.3) is 0 Å². The van der Waals surface area contributed by atoms with Gasteiger partial charge in [-0.3, -0.25) is 9.59 Å². The minimum absolute atomic E-state index is 0.0120. The van der Waals surface area contributed by atoms with Crippen LogP contribution in [0.2, 0.25) is 4.34 Å². The van der Waals surface area contributed by atoms with Gasteiger partial charge < -0.3 is 10.6 Å². The molecule has 4 nitrogen and oxygen atoms in total. The monoisotopic (exact) mass is 328 g/mol. The van der Waals surface area contributed by atoms with E-state index in [0.717, 1.165) is 15.6 Å². The normalized spacial score (nSPS) is 10.2. The smallest absolute Gasteiger partial charge is 0.261 e. The lowest BCUT2D eigenvalue weighted by atomic mass is 10.3. The quantitative estimate of drug-likeness (QED) is 0.856. The summed E-state index contributed by atoms with van der Waals surface area (Å²) >= 11 is 8.67. The molecule has 0 spiro atoms. The Morgan fingerprint density at radius 2 is 2.05 bits per heavy atom. The van der Waals surface area contributed by atoms with Crippen LogP contribution in [-0.4, -0.2) is 24.9 Å². The zero-order valence-corrected chi connectivity index (χ0v) is 12.9. The van der Waals surface area contributed by atoms with Gasteiger partial charge in [-0.25, -0.2) is 0 Å². The SMILES string of the molecule is O=C(CNC(=O)c1cccs1)NCCc1ccc(Cl)s1. The molecule has 0 atom stereocenters. The summed E-state index contributed by atoms with van der Waals surface area (Å²) < 4.78 is 0.745. The van der Waals surface area contributed by atoms with Crippen molar-refractivity contribution in [1.29, 1.82) is 0 Å². The third-order valence-electron chi connectivity index (χ3n) is 2.48. The Kier molecular flexibility index (Phi) is 5.58. The molecule has 0 radical (unpaired) electrons. The maximum atomic E-state index is 11.6. The zero-order valence-electron chi connectivity index (χ0n) is 10.5. The van der Waals surface area contributed by atoms with Crippen LogP contribution in [0.4, 0.5) is 0 Å². The lowest BCUT2D eigenvalue weighted by molar-refractivity contribution is -0.120. The lowest BCUT2D eigenvalue weighted by Crippen LogP contribution is -2.37. The number of halogens is 1. The predicted octanol–water partition coefficient (Wildman–Crippen LogP) is 2.55.